The van der Waals surface area contributed by atoms with Gasteiger partial charge in [-0.2, -0.15) is 0 Å². The maximum absolute atomic E-state index is 3.95. The Morgan fingerprint density at radius 3 is 3.00 bits per heavy atom. The third kappa shape index (κ3) is 1.18. The van der Waals surface area contributed by atoms with Gasteiger partial charge in [-0.05, 0) is 6.92 Å². The maximum atomic E-state index is 3.95. The molecule has 1 aliphatic heterocycles. The van der Waals surface area contributed by atoms with Crippen molar-refractivity contribution in [3.05, 3.63) is 0 Å². The number of amidine groups is 1. The predicted octanol–water partition coefficient (Wildman–Crippen LogP) is 1.06. The van der Waals surface area contributed by atoms with Crippen LogP contribution in [0.2, 0.25) is 0 Å². The Balaban J connectivity index is 2.66. The molecule has 0 atom stereocenters. The molecule has 0 bridgehead atoms. The Kier molecular flexibility index (Phi) is 1.82. The van der Waals surface area contributed by atoms with Crippen molar-refractivity contribution in [1.29, 1.82) is 0 Å². The lowest BCUT2D eigenvalue weighted by atomic mass is 10.6. The second kappa shape index (κ2) is 2.43. The van der Waals surface area contributed by atoms with Crippen LogP contribution in [0.5, 0.6) is 0 Å². The highest BCUT2D eigenvalue weighted by molar-refractivity contribution is 14.1. The van der Waals surface area contributed by atoms with Gasteiger partial charge in [-0.15, -0.1) is 0 Å². The highest BCUT2D eigenvalue weighted by Gasteiger charge is 2.01. The fourth-order valence-electron chi connectivity index (χ4n) is 0.398. The van der Waals surface area contributed by atoms with E-state index in [-0.39, 0.29) is 0 Å². The Hall–Kier alpha value is -0.130. The number of rotatable bonds is 0. The van der Waals surface area contributed by atoms with Crippen LogP contribution in [0.15, 0.2) is 9.98 Å². The first-order valence-electron chi connectivity index (χ1n) is 2.27. The van der Waals surface area contributed by atoms with Gasteiger partial charge in [0.1, 0.15) is 18.8 Å². The molecule has 0 amide bonds. The number of halogens is 1. The minimum atomic E-state index is 0.732. The molecule has 0 saturated heterocycles. The molecule has 8 heavy (non-hydrogen) atoms. The van der Waals surface area contributed by atoms with Gasteiger partial charge in [-0.3, -0.25) is 8.11 Å². The van der Waals surface area contributed by atoms with Crippen molar-refractivity contribution >= 4 is 35.0 Å². The summed E-state index contributed by atoms with van der Waals surface area (Å²) >= 11 is 2.17. The van der Waals surface area contributed by atoms with Crippen molar-refractivity contribution in [2.24, 2.45) is 9.98 Å². The average molecular weight is 223 g/mol. The summed E-state index contributed by atoms with van der Waals surface area (Å²) < 4.78 is 1.96. The van der Waals surface area contributed by atoms with Crippen LogP contribution in [0.4, 0.5) is 0 Å². The lowest BCUT2D eigenvalue weighted by Crippen LogP contribution is -2.20. The van der Waals surface area contributed by atoms with Gasteiger partial charge >= 0.3 is 0 Å². The molecule has 0 aliphatic carbocycles. The quantitative estimate of drug-likeness (QED) is 0.445. The summed E-state index contributed by atoms with van der Waals surface area (Å²) in [7, 11) is 0. The summed E-state index contributed by atoms with van der Waals surface area (Å²) in [5.41, 5.74) is 0. The second-order valence-corrected chi connectivity index (χ2v) is 2.64. The van der Waals surface area contributed by atoms with Crippen LogP contribution in [0.25, 0.3) is 0 Å². The first-order chi connectivity index (χ1) is 3.80. The van der Waals surface area contributed by atoms with Gasteiger partial charge in [0.15, 0.2) is 0 Å². The van der Waals surface area contributed by atoms with Crippen LogP contribution >= 0.6 is 22.9 Å². The van der Waals surface area contributed by atoms with Gasteiger partial charge in [0.25, 0.3) is 0 Å². The Morgan fingerprint density at radius 1 is 1.88 bits per heavy atom. The van der Waals surface area contributed by atoms with Gasteiger partial charge in [0.05, 0.1) is 22.9 Å². The third-order valence-corrected chi connectivity index (χ3v) is 1.89. The Labute approximate surface area is 62.0 Å². The number of hydrogen-bond acceptors (Lipinski definition) is 3. The second-order valence-electron chi connectivity index (χ2n) is 1.48. The zero-order valence-corrected chi connectivity index (χ0v) is 6.66. The molecule has 0 fully saturated rings. The molecule has 3 nitrogen and oxygen atoms in total. The molecule has 1 heterocycles. The van der Waals surface area contributed by atoms with E-state index in [4.69, 9.17) is 0 Å². The van der Waals surface area contributed by atoms with E-state index in [9.17, 15) is 0 Å². The fraction of sp³-hybridized carbons (Fsp3) is 0.500. The van der Waals surface area contributed by atoms with Gasteiger partial charge in [0, 0.05) is 0 Å². The summed E-state index contributed by atoms with van der Waals surface area (Å²) in [5.74, 6) is 1.01. The smallest absolute Gasteiger partial charge is 0.122 e. The number of nitrogens with zero attached hydrogens (tertiary/aromatic N) is 3. The van der Waals surface area contributed by atoms with Crippen molar-refractivity contribution in [3.63, 3.8) is 0 Å². The van der Waals surface area contributed by atoms with E-state index in [2.05, 4.69) is 32.8 Å². The number of aliphatic imine (C=N–C) groups is 2. The first kappa shape index (κ1) is 6.00. The van der Waals surface area contributed by atoms with E-state index in [1.807, 2.05) is 10.0 Å². The first-order valence-corrected chi connectivity index (χ1v) is 3.23. The van der Waals surface area contributed by atoms with Gasteiger partial charge < -0.3 is 0 Å². The molecule has 1 rings (SSSR count). The SMILES string of the molecule is CC1=NC=NCN1I. The molecule has 0 aromatic rings. The Bertz CT molecular complexity index is 140. The summed E-state index contributed by atoms with van der Waals surface area (Å²) in [6.45, 7) is 2.69. The summed E-state index contributed by atoms with van der Waals surface area (Å²) in [5, 5.41) is 0. The normalized spacial score (nSPS) is 18.8. The zero-order chi connectivity index (χ0) is 5.98. The average Bonchev–Trinajstić information content (AvgIpc) is 1.77. The molecule has 44 valence electrons. The topological polar surface area (TPSA) is 28.0 Å². The minimum absolute atomic E-state index is 0.732. The minimum Gasteiger partial charge on any atom is -0.282 e. The lowest BCUT2D eigenvalue weighted by molar-refractivity contribution is 0.726. The van der Waals surface area contributed by atoms with E-state index in [0.29, 0.717) is 0 Å². The molecule has 0 unspecified atom stereocenters. The molecule has 4 heteroatoms. The monoisotopic (exact) mass is 223 g/mol. The highest BCUT2D eigenvalue weighted by Crippen LogP contribution is 2.02. The molecule has 0 aromatic heterocycles. The molecule has 0 N–H and O–H groups in total. The zero-order valence-electron chi connectivity index (χ0n) is 4.50. The maximum Gasteiger partial charge on any atom is 0.122 e. The van der Waals surface area contributed by atoms with E-state index in [1.54, 1.807) is 6.34 Å². The van der Waals surface area contributed by atoms with Crippen LogP contribution < -0.4 is 0 Å². The van der Waals surface area contributed by atoms with Crippen LogP contribution in [-0.2, 0) is 0 Å². The van der Waals surface area contributed by atoms with Gasteiger partial charge in [0.2, 0.25) is 0 Å². The van der Waals surface area contributed by atoms with E-state index in [0.717, 1.165) is 12.5 Å². The summed E-state index contributed by atoms with van der Waals surface area (Å²) in [4.78, 5) is 7.87. The molecule has 1 aliphatic rings. The molecule has 0 aromatic carbocycles. The largest absolute Gasteiger partial charge is 0.282 e. The Morgan fingerprint density at radius 2 is 2.62 bits per heavy atom. The highest BCUT2D eigenvalue weighted by atomic mass is 127. The van der Waals surface area contributed by atoms with Crippen LogP contribution in [0, 0.1) is 0 Å². The van der Waals surface area contributed by atoms with Gasteiger partial charge in [-0.1, -0.05) is 0 Å². The lowest BCUT2D eigenvalue weighted by Gasteiger charge is -2.14. The van der Waals surface area contributed by atoms with Gasteiger partial charge in [-0.25, -0.2) is 4.99 Å². The molecule has 0 saturated carbocycles. The summed E-state index contributed by atoms with van der Waals surface area (Å²) in [6.07, 6.45) is 1.59. The van der Waals surface area contributed by atoms with E-state index < -0.39 is 0 Å². The fourth-order valence-corrected chi connectivity index (χ4v) is 0.698. The van der Waals surface area contributed by atoms with Crippen molar-refractivity contribution in [1.82, 2.24) is 3.11 Å². The van der Waals surface area contributed by atoms with Crippen molar-refractivity contribution in [3.8, 4) is 0 Å². The molecule has 0 radical (unpaired) electrons. The van der Waals surface area contributed by atoms with Crippen LogP contribution in [0.3, 0.4) is 0 Å². The number of hydrogen-bond donors (Lipinski definition) is 0. The third-order valence-electron chi connectivity index (χ3n) is 0.883. The standard InChI is InChI=1S/C4H6IN3/c1-4-7-2-6-3-8(4)5/h2H,3H2,1H3. The predicted molar refractivity (Wildman–Crippen MR) is 42.3 cm³/mol. The van der Waals surface area contributed by atoms with Crippen molar-refractivity contribution in [2.45, 2.75) is 6.92 Å². The van der Waals surface area contributed by atoms with Crippen LogP contribution in [-0.4, -0.2) is 22.0 Å². The molecular formula is C4H6IN3. The van der Waals surface area contributed by atoms with E-state index in [1.165, 1.54) is 0 Å². The molecular weight excluding hydrogens is 217 g/mol. The van der Waals surface area contributed by atoms with Crippen molar-refractivity contribution in [2.75, 3.05) is 6.67 Å². The van der Waals surface area contributed by atoms with E-state index >= 15 is 0 Å². The van der Waals surface area contributed by atoms with Crippen molar-refractivity contribution < 1.29 is 0 Å². The molecule has 0 spiro atoms. The summed E-state index contributed by atoms with van der Waals surface area (Å²) in [6, 6.07) is 0. The van der Waals surface area contributed by atoms with Crippen LogP contribution in [0.1, 0.15) is 6.92 Å².